The van der Waals surface area contributed by atoms with Gasteiger partial charge < -0.3 is 12.4 Å². The van der Waals surface area contributed by atoms with Crippen molar-refractivity contribution < 1.29 is 22.0 Å². The maximum atomic E-state index is 5.91. The highest BCUT2D eigenvalue weighted by Crippen LogP contribution is 2.26. The van der Waals surface area contributed by atoms with Gasteiger partial charge in [0, 0.05) is 22.4 Å². The van der Waals surface area contributed by atoms with Gasteiger partial charge in [0.1, 0.15) is 0 Å². The first kappa shape index (κ1) is 12.3. The second-order valence-electron chi connectivity index (χ2n) is 3.68. The van der Waals surface area contributed by atoms with Crippen LogP contribution in [0.3, 0.4) is 0 Å². The molecule has 2 aromatic rings. The van der Waals surface area contributed by atoms with Crippen molar-refractivity contribution >= 4 is 11.8 Å². The summed E-state index contributed by atoms with van der Waals surface area (Å²) in [5.74, 6) is 0.966. The smallest absolute Gasteiger partial charge is 0.291 e. The van der Waals surface area contributed by atoms with Crippen LogP contribution in [0, 0.1) is 0 Å². The molecule has 3 rings (SSSR count). The van der Waals surface area contributed by atoms with Crippen LogP contribution in [0.15, 0.2) is 59.8 Å². The van der Waals surface area contributed by atoms with Crippen LogP contribution in [0.1, 0.15) is 11.7 Å². The van der Waals surface area contributed by atoms with Crippen molar-refractivity contribution in [2.24, 2.45) is 0 Å². The molecule has 17 heavy (non-hydrogen) atoms. The third kappa shape index (κ3) is 2.56. The third-order valence-electron chi connectivity index (χ3n) is 2.58. The Morgan fingerprint density at radius 2 is 1.82 bits per heavy atom. The molecular formula is C13H12ClNOS. The lowest BCUT2D eigenvalue weighted by molar-refractivity contribution is -0.929. The van der Waals surface area contributed by atoms with Crippen LogP contribution in [0.2, 0.25) is 0 Å². The van der Waals surface area contributed by atoms with Gasteiger partial charge in [-0.2, -0.15) is 0 Å². The normalized spacial score (nSPS) is 17.5. The second kappa shape index (κ2) is 5.43. The maximum absolute atomic E-state index is 5.91. The number of thioether (sulfide) groups is 1. The molecular weight excluding hydrogens is 254 g/mol. The fourth-order valence-corrected chi connectivity index (χ4v) is 2.75. The van der Waals surface area contributed by atoms with Crippen molar-refractivity contribution in [2.45, 2.75) is 11.1 Å². The van der Waals surface area contributed by atoms with Gasteiger partial charge in [-0.3, -0.25) is 4.84 Å². The van der Waals surface area contributed by atoms with Gasteiger partial charge in [-0.15, -0.1) is 0 Å². The zero-order valence-corrected chi connectivity index (χ0v) is 10.7. The van der Waals surface area contributed by atoms with E-state index >= 15 is 0 Å². The van der Waals surface area contributed by atoms with E-state index in [1.807, 2.05) is 40.9 Å². The largest absolute Gasteiger partial charge is 1.00 e. The topological polar surface area (TPSA) is 13.1 Å². The lowest BCUT2D eigenvalue weighted by atomic mass is 10.1. The average molecular weight is 266 g/mol. The van der Waals surface area contributed by atoms with Gasteiger partial charge in [0.25, 0.3) is 5.03 Å². The molecule has 0 amide bonds. The Hall–Kier alpha value is -1.19. The molecule has 88 valence electrons. The fourth-order valence-electron chi connectivity index (χ4n) is 1.76. The van der Waals surface area contributed by atoms with Crippen molar-refractivity contribution in [1.82, 2.24) is 0 Å². The van der Waals surface area contributed by atoms with Crippen molar-refractivity contribution in [3.63, 3.8) is 0 Å². The van der Waals surface area contributed by atoms with Gasteiger partial charge >= 0.3 is 0 Å². The van der Waals surface area contributed by atoms with E-state index < -0.39 is 0 Å². The molecule has 2 nitrogen and oxygen atoms in total. The second-order valence-corrected chi connectivity index (χ2v) is 4.72. The third-order valence-corrected chi connectivity index (χ3v) is 3.66. The fraction of sp³-hybridized carbons (Fsp3) is 0.154. The molecule has 0 spiro atoms. The number of halogens is 1. The minimum atomic E-state index is 0. The van der Waals surface area contributed by atoms with Crippen LogP contribution in [-0.2, 0) is 0 Å². The van der Waals surface area contributed by atoms with Crippen LogP contribution in [0.4, 0.5) is 0 Å². The Balaban J connectivity index is 0.00000108. The van der Waals surface area contributed by atoms with E-state index in [0.29, 0.717) is 0 Å². The zero-order chi connectivity index (χ0) is 10.8. The van der Waals surface area contributed by atoms with Crippen molar-refractivity contribution in [2.75, 3.05) is 5.75 Å². The monoisotopic (exact) mass is 265 g/mol. The quantitative estimate of drug-likeness (QED) is 0.630. The molecule has 0 bridgehead atoms. The summed E-state index contributed by atoms with van der Waals surface area (Å²) in [7, 11) is 0. The number of nitrogens with zero attached hydrogens (tertiary/aromatic N) is 1. The minimum Gasteiger partial charge on any atom is -1.00 e. The van der Waals surface area contributed by atoms with E-state index in [1.54, 1.807) is 0 Å². The lowest BCUT2D eigenvalue weighted by Gasteiger charge is -2.17. The summed E-state index contributed by atoms with van der Waals surface area (Å²) in [5.41, 5.74) is 1.23. The van der Waals surface area contributed by atoms with Gasteiger partial charge in [-0.05, 0) is 17.8 Å². The number of benzene rings is 1. The number of fused-ring (bicyclic) bond motifs is 1. The molecule has 0 saturated heterocycles. The first-order valence-corrected chi connectivity index (χ1v) is 6.27. The highest BCUT2D eigenvalue weighted by Gasteiger charge is 2.28. The molecule has 2 heterocycles. The van der Waals surface area contributed by atoms with Gasteiger partial charge in [0.15, 0.2) is 0 Å². The molecule has 0 radical (unpaired) electrons. The summed E-state index contributed by atoms with van der Waals surface area (Å²) in [6.07, 6.45) is 2.10. The van der Waals surface area contributed by atoms with Crippen LogP contribution in [0.5, 0.6) is 0 Å². The lowest BCUT2D eigenvalue weighted by Crippen LogP contribution is -3.00. The summed E-state index contributed by atoms with van der Waals surface area (Å²) < 4.78 is 1.85. The van der Waals surface area contributed by atoms with Crippen LogP contribution in [0.25, 0.3) is 0 Å². The van der Waals surface area contributed by atoms with Gasteiger partial charge in [-0.1, -0.05) is 30.3 Å². The molecule has 0 N–H and O–H groups in total. The van der Waals surface area contributed by atoms with E-state index in [1.165, 1.54) is 5.56 Å². The Labute approximate surface area is 111 Å². The van der Waals surface area contributed by atoms with Crippen molar-refractivity contribution in [3.8, 4) is 0 Å². The number of hydrogen-bond acceptors (Lipinski definition) is 2. The number of rotatable bonds is 1. The maximum Gasteiger partial charge on any atom is 0.291 e. The first-order valence-electron chi connectivity index (χ1n) is 5.29. The average Bonchev–Trinajstić information content (AvgIpc) is 2.39. The van der Waals surface area contributed by atoms with Crippen molar-refractivity contribution in [3.05, 3.63) is 60.3 Å². The van der Waals surface area contributed by atoms with Gasteiger partial charge in [0.2, 0.25) is 12.3 Å². The molecule has 0 aliphatic carbocycles. The van der Waals surface area contributed by atoms with E-state index in [2.05, 4.69) is 30.3 Å². The van der Waals surface area contributed by atoms with E-state index in [4.69, 9.17) is 4.84 Å². The number of pyridine rings is 1. The highest BCUT2D eigenvalue weighted by atomic mass is 35.5. The molecule has 0 saturated carbocycles. The van der Waals surface area contributed by atoms with E-state index in [-0.39, 0.29) is 18.5 Å². The standard InChI is InChI=1S/C13H12NOS.ClH/c1-2-6-11(7-3-1)12-10-16-13-8-4-5-9-14(13)15-12;/h1-9,12H,10H2;1H/q+1;/p-1. The summed E-state index contributed by atoms with van der Waals surface area (Å²) in [6.45, 7) is 0. The molecule has 4 heteroatoms. The molecule has 1 atom stereocenters. The predicted octanol–water partition coefficient (Wildman–Crippen LogP) is -0.746. The van der Waals surface area contributed by atoms with Crippen LogP contribution >= 0.6 is 11.8 Å². The number of aromatic nitrogens is 1. The highest BCUT2D eigenvalue weighted by molar-refractivity contribution is 7.99. The van der Waals surface area contributed by atoms with E-state index in [9.17, 15) is 0 Å². The van der Waals surface area contributed by atoms with Crippen LogP contribution in [-0.4, -0.2) is 5.75 Å². The Kier molecular flexibility index (Phi) is 3.92. The Morgan fingerprint density at radius 1 is 1.06 bits per heavy atom. The molecule has 1 aliphatic heterocycles. The summed E-state index contributed by atoms with van der Waals surface area (Å²) in [5, 5.41) is 1.16. The summed E-state index contributed by atoms with van der Waals surface area (Å²) >= 11 is 1.83. The Bertz CT molecular complexity index is 492. The molecule has 1 aromatic heterocycles. The van der Waals surface area contributed by atoms with Gasteiger partial charge in [0.05, 0.1) is 5.75 Å². The molecule has 0 fully saturated rings. The SMILES string of the molecule is [Cl-].c1ccc(C2CSc3cccc[n+]3O2)cc1. The van der Waals surface area contributed by atoms with Crippen LogP contribution < -0.4 is 22.0 Å². The minimum absolute atomic E-state index is 0. The van der Waals surface area contributed by atoms with Crippen molar-refractivity contribution in [1.29, 1.82) is 0 Å². The predicted molar refractivity (Wildman–Crippen MR) is 63.1 cm³/mol. The Morgan fingerprint density at radius 3 is 2.65 bits per heavy atom. The number of hydrogen-bond donors (Lipinski definition) is 0. The molecule has 1 unspecified atom stereocenters. The molecule has 1 aliphatic rings. The molecule has 1 aromatic carbocycles. The summed E-state index contributed by atoms with van der Waals surface area (Å²) in [6, 6.07) is 16.4. The zero-order valence-electron chi connectivity index (χ0n) is 9.12. The first-order chi connectivity index (χ1) is 7.93. The van der Waals surface area contributed by atoms with E-state index in [0.717, 1.165) is 10.8 Å². The summed E-state index contributed by atoms with van der Waals surface area (Å²) in [4.78, 5) is 5.91. The van der Waals surface area contributed by atoms with Gasteiger partial charge in [-0.25, -0.2) is 0 Å².